The van der Waals surface area contributed by atoms with Crippen molar-refractivity contribution < 1.29 is 0 Å². The molecule has 0 unspecified atom stereocenters. The van der Waals surface area contributed by atoms with Gasteiger partial charge in [0.15, 0.2) is 0 Å². The predicted octanol–water partition coefficient (Wildman–Crippen LogP) is 1.32. The van der Waals surface area contributed by atoms with Crippen molar-refractivity contribution in [3.05, 3.63) is 24.0 Å². The monoisotopic (exact) mass is 218 g/mol. The van der Waals surface area contributed by atoms with Gasteiger partial charge in [0.2, 0.25) is 0 Å². The topological polar surface area (TPSA) is 83.1 Å². The zero-order chi connectivity index (χ0) is 10.1. The summed E-state index contributed by atoms with van der Waals surface area (Å²) >= 11 is 1.30. The second-order valence-electron chi connectivity index (χ2n) is 2.89. The Morgan fingerprint density at radius 2 is 2.33 bits per heavy atom. The second kappa shape index (κ2) is 3.28. The van der Waals surface area contributed by atoms with Crippen LogP contribution in [0.3, 0.4) is 0 Å². The summed E-state index contributed by atoms with van der Waals surface area (Å²) in [4.78, 5) is 7.27. The molecule has 0 aliphatic heterocycles. The maximum atomic E-state index is 4.22. The summed E-state index contributed by atoms with van der Waals surface area (Å²) in [6.07, 6.45) is 3.32. The largest absolute Gasteiger partial charge is 0.343 e. The third kappa shape index (κ3) is 1.33. The molecule has 3 aromatic rings. The quantitative estimate of drug-likeness (QED) is 0.679. The molecular weight excluding hydrogens is 212 g/mol. The van der Waals surface area contributed by atoms with Gasteiger partial charge in [-0.1, -0.05) is 4.49 Å². The summed E-state index contributed by atoms with van der Waals surface area (Å²) in [6.45, 7) is 0. The number of hydrogen-bond acceptors (Lipinski definition) is 5. The first kappa shape index (κ1) is 8.30. The fourth-order valence-corrected chi connectivity index (χ4v) is 1.80. The summed E-state index contributed by atoms with van der Waals surface area (Å²) in [6, 6.07) is 1.87. The van der Waals surface area contributed by atoms with Crippen LogP contribution < -0.4 is 0 Å². The van der Waals surface area contributed by atoms with Gasteiger partial charge in [0.05, 0.1) is 17.7 Å². The highest BCUT2D eigenvalue weighted by Gasteiger charge is 2.13. The van der Waals surface area contributed by atoms with Crippen molar-refractivity contribution in [2.24, 2.45) is 0 Å². The van der Waals surface area contributed by atoms with Crippen LogP contribution in [0.5, 0.6) is 0 Å². The molecule has 0 fully saturated rings. The molecule has 0 atom stereocenters. The molecule has 0 saturated heterocycles. The van der Waals surface area contributed by atoms with Crippen LogP contribution in [0, 0.1) is 0 Å². The van der Waals surface area contributed by atoms with E-state index in [9.17, 15) is 0 Å². The van der Waals surface area contributed by atoms with Crippen LogP contribution in [0.1, 0.15) is 0 Å². The minimum Gasteiger partial charge on any atom is -0.343 e. The lowest BCUT2D eigenvalue weighted by atomic mass is 10.2. The first-order valence-electron chi connectivity index (χ1n) is 4.25. The van der Waals surface area contributed by atoms with Crippen molar-refractivity contribution in [3.63, 3.8) is 0 Å². The molecule has 3 heterocycles. The summed E-state index contributed by atoms with van der Waals surface area (Å²) in [5.74, 6) is 0. The van der Waals surface area contributed by atoms with E-state index in [4.69, 9.17) is 0 Å². The fraction of sp³-hybridized carbons (Fsp3) is 0. The smallest absolute Gasteiger partial charge is 0.126 e. The molecule has 0 aliphatic carbocycles. The average Bonchev–Trinajstić information content (AvgIpc) is 3.01. The van der Waals surface area contributed by atoms with Crippen molar-refractivity contribution in [1.29, 1.82) is 0 Å². The zero-order valence-electron chi connectivity index (χ0n) is 7.51. The first-order valence-corrected chi connectivity index (χ1v) is 5.09. The van der Waals surface area contributed by atoms with Crippen molar-refractivity contribution in [2.75, 3.05) is 0 Å². The van der Waals surface area contributed by atoms with Crippen molar-refractivity contribution in [1.82, 2.24) is 29.8 Å². The molecule has 0 bridgehead atoms. The molecule has 15 heavy (non-hydrogen) atoms. The Balaban J connectivity index is 2.15. The predicted molar refractivity (Wildman–Crippen MR) is 55.1 cm³/mol. The molecule has 74 valence electrons. The number of nitrogens with one attached hydrogen (secondary N) is 2. The van der Waals surface area contributed by atoms with E-state index < -0.39 is 0 Å². The Morgan fingerprint density at radius 1 is 1.33 bits per heavy atom. The van der Waals surface area contributed by atoms with Crippen molar-refractivity contribution in [2.45, 2.75) is 0 Å². The molecule has 6 nitrogen and oxygen atoms in total. The lowest BCUT2D eigenvalue weighted by Crippen LogP contribution is -1.84. The van der Waals surface area contributed by atoms with Crippen LogP contribution in [0.2, 0.25) is 0 Å². The van der Waals surface area contributed by atoms with Gasteiger partial charge in [0.1, 0.15) is 11.4 Å². The van der Waals surface area contributed by atoms with E-state index in [1.165, 1.54) is 11.5 Å². The molecule has 0 spiro atoms. The number of H-pyrrole nitrogens is 2. The standard InChI is InChI=1S/C8H6N6S/c1-2-11-12-5(1)7-8(10-4-9-7)6-3-15-14-13-6/h1-4H,(H,9,10)(H,11,12). The van der Waals surface area contributed by atoms with Crippen LogP contribution in [-0.4, -0.2) is 29.8 Å². The molecule has 7 heteroatoms. The molecular formula is C8H6N6S. The average molecular weight is 218 g/mol. The maximum absolute atomic E-state index is 4.22. The summed E-state index contributed by atoms with van der Waals surface area (Å²) in [5, 5.41) is 12.6. The summed E-state index contributed by atoms with van der Waals surface area (Å²) in [7, 11) is 0. The highest BCUT2D eigenvalue weighted by atomic mass is 32.1. The minimum absolute atomic E-state index is 0.769. The molecule has 0 aliphatic rings. The minimum atomic E-state index is 0.769. The van der Waals surface area contributed by atoms with Crippen LogP contribution in [0.15, 0.2) is 24.0 Å². The van der Waals surface area contributed by atoms with Crippen LogP contribution in [-0.2, 0) is 0 Å². The van der Waals surface area contributed by atoms with E-state index in [1.54, 1.807) is 12.5 Å². The Morgan fingerprint density at radius 3 is 3.07 bits per heavy atom. The Hall–Kier alpha value is -2.02. The van der Waals surface area contributed by atoms with E-state index in [2.05, 4.69) is 29.8 Å². The van der Waals surface area contributed by atoms with Crippen molar-refractivity contribution in [3.8, 4) is 22.8 Å². The highest BCUT2D eigenvalue weighted by molar-refractivity contribution is 7.03. The summed E-state index contributed by atoms with van der Waals surface area (Å²) in [5.41, 5.74) is 3.31. The van der Waals surface area contributed by atoms with E-state index in [-0.39, 0.29) is 0 Å². The van der Waals surface area contributed by atoms with Gasteiger partial charge >= 0.3 is 0 Å². The van der Waals surface area contributed by atoms with Crippen LogP contribution in [0.25, 0.3) is 22.8 Å². The van der Waals surface area contributed by atoms with Gasteiger partial charge in [-0.15, -0.1) is 5.10 Å². The molecule has 3 aromatic heterocycles. The van der Waals surface area contributed by atoms with Gasteiger partial charge in [0, 0.05) is 11.6 Å². The number of aromatic amines is 2. The maximum Gasteiger partial charge on any atom is 0.126 e. The third-order valence-electron chi connectivity index (χ3n) is 2.01. The van der Waals surface area contributed by atoms with E-state index in [0.29, 0.717) is 0 Å². The molecule has 0 radical (unpaired) electrons. The van der Waals surface area contributed by atoms with Crippen LogP contribution in [0.4, 0.5) is 0 Å². The second-order valence-corrected chi connectivity index (χ2v) is 3.50. The van der Waals surface area contributed by atoms with Gasteiger partial charge in [-0.3, -0.25) is 5.10 Å². The molecule has 0 aromatic carbocycles. The Labute approximate surface area is 88.6 Å². The Kier molecular flexibility index (Phi) is 1.82. The number of nitrogens with zero attached hydrogens (tertiary/aromatic N) is 4. The molecule has 0 saturated carbocycles. The van der Waals surface area contributed by atoms with Crippen molar-refractivity contribution >= 4 is 11.5 Å². The van der Waals surface area contributed by atoms with Gasteiger partial charge < -0.3 is 4.98 Å². The van der Waals surface area contributed by atoms with E-state index >= 15 is 0 Å². The number of aromatic nitrogens is 6. The number of imidazole rings is 1. The highest BCUT2D eigenvalue weighted by Crippen LogP contribution is 2.26. The first-order chi connectivity index (χ1) is 7.45. The SMILES string of the molecule is c1cc(-c2[nH]cnc2-c2csnn2)[nH]n1. The zero-order valence-corrected chi connectivity index (χ0v) is 8.32. The third-order valence-corrected chi connectivity index (χ3v) is 2.52. The molecule has 2 N–H and O–H groups in total. The molecule has 3 rings (SSSR count). The number of hydrogen-bond donors (Lipinski definition) is 2. The van der Waals surface area contributed by atoms with Gasteiger partial charge in [-0.05, 0) is 17.6 Å². The Bertz CT molecular complexity index is 489. The van der Waals surface area contributed by atoms with Gasteiger partial charge in [0.25, 0.3) is 0 Å². The van der Waals surface area contributed by atoms with E-state index in [0.717, 1.165) is 22.8 Å². The number of rotatable bonds is 2. The van der Waals surface area contributed by atoms with E-state index in [1.807, 2.05) is 11.4 Å². The summed E-state index contributed by atoms with van der Waals surface area (Å²) < 4.78 is 3.81. The van der Waals surface area contributed by atoms with Crippen LogP contribution >= 0.6 is 11.5 Å². The molecule has 0 amide bonds. The normalized spacial score (nSPS) is 10.7. The lowest BCUT2D eigenvalue weighted by molar-refractivity contribution is 1.09. The lowest BCUT2D eigenvalue weighted by Gasteiger charge is -1.94. The van der Waals surface area contributed by atoms with Gasteiger partial charge in [-0.2, -0.15) is 5.10 Å². The fourth-order valence-electron chi connectivity index (χ4n) is 1.36. The van der Waals surface area contributed by atoms with Gasteiger partial charge in [-0.25, -0.2) is 4.98 Å².